The van der Waals surface area contributed by atoms with Crippen LogP contribution < -0.4 is 0 Å². The van der Waals surface area contributed by atoms with Crippen LogP contribution in [0.5, 0.6) is 11.5 Å². The Morgan fingerprint density at radius 3 is 1.41 bits per heavy atom. The molecule has 0 unspecified atom stereocenters. The lowest BCUT2D eigenvalue weighted by atomic mass is 9.82. The fraction of sp³-hybridized carbons (Fsp3) is 0.355. The van der Waals surface area contributed by atoms with Crippen LogP contribution in [0.3, 0.4) is 0 Å². The van der Waals surface area contributed by atoms with E-state index < -0.39 is 11.8 Å². The van der Waals surface area contributed by atoms with Crippen LogP contribution in [-0.4, -0.2) is 22.0 Å². The summed E-state index contributed by atoms with van der Waals surface area (Å²) < 4.78 is 0. The molecule has 2 aromatic carbocycles. The van der Waals surface area contributed by atoms with E-state index in [0.717, 1.165) is 22.3 Å². The van der Waals surface area contributed by atoms with Gasteiger partial charge >= 0.3 is 0 Å². The van der Waals surface area contributed by atoms with Gasteiger partial charge in [-0.2, -0.15) is 0 Å². The van der Waals surface area contributed by atoms with Gasteiger partial charge in [0.1, 0.15) is 11.5 Å². The Morgan fingerprint density at radius 2 is 1.05 bits per heavy atom. The number of phenolic OH excluding ortho intramolecular Hbond substituents is 2. The number of phenols is 2. The van der Waals surface area contributed by atoms with Crippen molar-refractivity contribution in [3.8, 4) is 11.5 Å². The molecule has 0 bridgehead atoms. The van der Waals surface area contributed by atoms with Gasteiger partial charge in [0.25, 0.3) is 11.8 Å². The molecular formula is C31H38N2O4. The molecule has 0 heterocycles. The summed E-state index contributed by atoms with van der Waals surface area (Å²) in [6.45, 7) is 23.2. The highest BCUT2D eigenvalue weighted by Crippen LogP contribution is 2.37. The minimum atomic E-state index is -0.501. The second-order valence-electron chi connectivity index (χ2n) is 10.7. The highest BCUT2D eigenvalue weighted by Gasteiger charge is 2.22. The predicted octanol–water partition coefficient (Wildman–Crippen LogP) is 7.57. The lowest BCUT2D eigenvalue weighted by Gasteiger charge is -2.23. The first-order chi connectivity index (χ1) is 17.1. The summed E-state index contributed by atoms with van der Waals surface area (Å²) in [5.74, 6) is -0.660. The molecule has 37 heavy (non-hydrogen) atoms. The average Bonchev–Trinajstić information content (AvgIpc) is 2.79. The van der Waals surface area contributed by atoms with Crippen LogP contribution in [0.1, 0.15) is 87.8 Å². The van der Waals surface area contributed by atoms with Crippen molar-refractivity contribution >= 4 is 28.5 Å². The Kier molecular flexibility index (Phi) is 9.51. The van der Waals surface area contributed by atoms with Gasteiger partial charge in [0.15, 0.2) is 0 Å². The van der Waals surface area contributed by atoms with Gasteiger partial charge < -0.3 is 10.2 Å². The van der Waals surface area contributed by atoms with Gasteiger partial charge in [0.05, 0.1) is 0 Å². The quantitative estimate of drug-likeness (QED) is 0.345. The van der Waals surface area contributed by atoms with Crippen LogP contribution in [0.25, 0.3) is 16.7 Å². The molecule has 2 rings (SSSR count). The highest BCUT2D eigenvalue weighted by atomic mass is 16.3. The SMILES string of the molecule is C=C(C)c1cc(CCC(=O)/N=N/C(=O)CCc2cc(C(=C)C)c(O)c(C(C)(C)C)c2)cc(C(=C)C)c1O. The molecule has 196 valence electrons. The maximum absolute atomic E-state index is 12.3. The molecule has 0 fully saturated rings. The molecule has 0 aliphatic rings. The standard InChI is InChI=1S/C31H38N2O4/c1-18(2)23-14-21(15-24(19(3)4)29(23)36)10-12-27(34)32-33-28(35)13-11-22-16-25(20(5)6)30(37)26(17-22)31(7,8)9/h14-17,36-37H,1,3,5,10-13H2,2,4,6-9H3/b33-32+. The number of rotatable bonds is 9. The van der Waals surface area contributed by atoms with Gasteiger partial charge in [-0.3, -0.25) is 9.59 Å². The molecular weight excluding hydrogens is 464 g/mol. The van der Waals surface area contributed by atoms with Crippen molar-refractivity contribution in [2.45, 2.75) is 72.6 Å². The molecule has 2 N–H and O–H groups in total. The van der Waals surface area contributed by atoms with Gasteiger partial charge in [-0.15, -0.1) is 10.2 Å². The summed E-state index contributed by atoms with van der Waals surface area (Å²) in [6, 6.07) is 7.32. The highest BCUT2D eigenvalue weighted by molar-refractivity contribution is 5.82. The fourth-order valence-electron chi connectivity index (χ4n) is 3.94. The molecule has 0 aliphatic carbocycles. The van der Waals surface area contributed by atoms with Gasteiger partial charge in [-0.1, -0.05) is 46.6 Å². The minimum absolute atomic E-state index is 0.0711. The molecule has 0 radical (unpaired) electrons. The number of benzene rings is 2. The molecule has 2 aromatic rings. The second-order valence-corrected chi connectivity index (χ2v) is 10.7. The summed E-state index contributed by atoms with van der Waals surface area (Å²) in [5, 5.41) is 28.3. The summed E-state index contributed by atoms with van der Waals surface area (Å²) in [6.07, 6.45) is 0.931. The molecule has 0 aliphatic heterocycles. The molecule has 0 saturated carbocycles. The number of allylic oxidation sites excluding steroid dienone is 3. The van der Waals surface area contributed by atoms with Gasteiger partial charge in [0, 0.05) is 35.1 Å². The fourth-order valence-corrected chi connectivity index (χ4v) is 3.94. The summed E-state index contributed by atoms with van der Waals surface area (Å²) in [5.41, 5.74) is 6.24. The Hall–Kier alpha value is -3.80. The summed E-state index contributed by atoms with van der Waals surface area (Å²) in [4.78, 5) is 24.6. The summed E-state index contributed by atoms with van der Waals surface area (Å²) in [7, 11) is 0. The zero-order valence-electron chi connectivity index (χ0n) is 22.9. The van der Waals surface area contributed by atoms with Gasteiger partial charge in [-0.05, 0) is 85.1 Å². The Labute approximate surface area is 220 Å². The van der Waals surface area contributed by atoms with Crippen molar-refractivity contribution in [1.29, 1.82) is 0 Å². The average molecular weight is 503 g/mol. The zero-order chi connectivity index (χ0) is 28.1. The van der Waals surface area contributed by atoms with Crippen LogP contribution in [0.4, 0.5) is 0 Å². The van der Waals surface area contributed by atoms with Crippen molar-refractivity contribution in [3.05, 3.63) is 77.4 Å². The number of aryl methyl sites for hydroxylation is 2. The number of amides is 2. The molecule has 0 spiro atoms. The van der Waals surface area contributed by atoms with E-state index in [0.29, 0.717) is 40.7 Å². The van der Waals surface area contributed by atoms with Crippen molar-refractivity contribution < 1.29 is 19.8 Å². The van der Waals surface area contributed by atoms with Crippen molar-refractivity contribution in [2.24, 2.45) is 10.2 Å². The zero-order valence-corrected chi connectivity index (χ0v) is 22.9. The Bertz CT molecular complexity index is 1260. The van der Waals surface area contributed by atoms with Crippen LogP contribution in [0, 0.1) is 0 Å². The number of hydrogen-bond donors (Lipinski definition) is 2. The maximum Gasteiger partial charge on any atom is 0.265 e. The predicted molar refractivity (Wildman–Crippen MR) is 151 cm³/mol. The maximum atomic E-state index is 12.3. The number of azo groups is 1. The van der Waals surface area contributed by atoms with Crippen LogP contribution in [0.2, 0.25) is 0 Å². The first-order valence-electron chi connectivity index (χ1n) is 12.3. The second kappa shape index (κ2) is 12.0. The molecule has 6 nitrogen and oxygen atoms in total. The number of carbonyl (C=O) groups excluding carboxylic acids is 2. The monoisotopic (exact) mass is 502 g/mol. The number of aromatic hydroxyl groups is 2. The molecule has 0 aromatic heterocycles. The van der Waals surface area contributed by atoms with E-state index in [2.05, 4.69) is 30.0 Å². The summed E-state index contributed by atoms with van der Waals surface area (Å²) >= 11 is 0. The third-order valence-corrected chi connectivity index (χ3v) is 6.05. The van der Waals surface area contributed by atoms with Crippen LogP contribution >= 0.6 is 0 Å². The first kappa shape index (κ1) is 29.4. The van der Waals surface area contributed by atoms with Gasteiger partial charge in [-0.25, -0.2) is 0 Å². The van der Waals surface area contributed by atoms with E-state index >= 15 is 0 Å². The van der Waals surface area contributed by atoms with Crippen LogP contribution in [-0.2, 0) is 27.8 Å². The normalized spacial score (nSPS) is 11.5. The first-order valence-corrected chi connectivity index (χ1v) is 12.3. The number of nitrogens with zero attached hydrogens (tertiary/aromatic N) is 2. The topological polar surface area (TPSA) is 99.3 Å². The third-order valence-electron chi connectivity index (χ3n) is 6.05. The number of carbonyl (C=O) groups is 2. The van der Waals surface area contributed by atoms with E-state index in [9.17, 15) is 19.8 Å². The van der Waals surface area contributed by atoms with E-state index in [1.807, 2.05) is 39.8 Å². The molecule has 0 atom stereocenters. The number of hydrogen-bond acceptors (Lipinski definition) is 4. The van der Waals surface area contributed by atoms with Crippen molar-refractivity contribution in [1.82, 2.24) is 0 Å². The Balaban J connectivity index is 2.05. The van der Waals surface area contributed by atoms with Crippen molar-refractivity contribution in [2.75, 3.05) is 0 Å². The minimum Gasteiger partial charge on any atom is -0.507 e. The largest absolute Gasteiger partial charge is 0.507 e. The van der Waals surface area contributed by atoms with E-state index in [1.165, 1.54) is 0 Å². The lowest BCUT2D eigenvalue weighted by molar-refractivity contribution is -0.122. The van der Waals surface area contributed by atoms with Crippen LogP contribution in [0.15, 0.2) is 54.2 Å². The smallest absolute Gasteiger partial charge is 0.265 e. The van der Waals surface area contributed by atoms with Gasteiger partial charge in [0.2, 0.25) is 0 Å². The van der Waals surface area contributed by atoms with E-state index in [1.54, 1.807) is 26.0 Å². The van der Waals surface area contributed by atoms with E-state index in [4.69, 9.17) is 0 Å². The third kappa shape index (κ3) is 7.84. The molecule has 6 heteroatoms. The molecule has 0 saturated heterocycles. The van der Waals surface area contributed by atoms with E-state index in [-0.39, 0.29) is 29.8 Å². The Morgan fingerprint density at radius 1 is 0.703 bits per heavy atom. The lowest BCUT2D eigenvalue weighted by Crippen LogP contribution is -2.13. The van der Waals surface area contributed by atoms with Crippen molar-refractivity contribution in [3.63, 3.8) is 0 Å². The molecule has 2 amide bonds.